The lowest BCUT2D eigenvalue weighted by molar-refractivity contribution is -0.604. The van der Waals surface area contributed by atoms with Crippen LogP contribution >= 0.6 is 0 Å². The highest BCUT2D eigenvalue weighted by Crippen LogP contribution is 1.97. The van der Waals surface area contributed by atoms with Crippen molar-refractivity contribution in [1.82, 2.24) is 0 Å². The second kappa shape index (κ2) is 2.35. The highest BCUT2D eigenvalue weighted by atomic mass is 16.5. The summed E-state index contributed by atoms with van der Waals surface area (Å²) in [6, 6.07) is 3.52. The van der Waals surface area contributed by atoms with E-state index in [2.05, 4.69) is 5.32 Å². The maximum atomic E-state index is 10.5. The van der Waals surface area contributed by atoms with Gasteiger partial charge < -0.3 is 10.5 Å². The molecule has 0 aromatic carbocycles. The Morgan fingerprint density at radius 1 is 1.67 bits per heavy atom. The average Bonchev–Trinajstić information content (AvgIpc) is 1.88. The zero-order valence-electron chi connectivity index (χ0n) is 5.16. The van der Waals surface area contributed by atoms with E-state index in [1.54, 1.807) is 13.1 Å². The zero-order valence-corrected chi connectivity index (χ0v) is 5.16. The lowest BCUT2D eigenvalue weighted by atomic mass is 10.4. The van der Waals surface area contributed by atoms with E-state index in [1.807, 2.05) is 6.07 Å². The Kier molecular flexibility index (Phi) is 1.53. The van der Waals surface area contributed by atoms with E-state index in [4.69, 9.17) is 0 Å². The van der Waals surface area contributed by atoms with E-state index >= 15 is 0 Å². The summed E-state index contributed by atoms with van der Waals surface area (Å²) in [6.07, 6.45) is 2.92. The van der Waals surface area contributed by atoms with Crippen LogP contribution < -0.4 is 10.0 Å². The van der Waals surface area contributed by atoms with Gasteiger partial charge in [0.1, 0.15) is 5.69 Å². The molecule has 9 heavy (non-hydrogen) atoms. The molecule has 0 unspecified atom stereocenters. The second-order valence-corrected chi connectivity index (χ2v) is 1.70. The van der Waals surface area contributed by atoms with Crippen molar-refractivity contribution < 1.29 is 4.73 Å². The molecule has 0 bridgehead atoms. The van der Waals surface area contributed by atoms with E-state index in [-0.39, 0.29) is 0 Å². The molecular weight excluding hydrogens is 116 g/mol. The highest BCUT2D eigenvalue weighted by Gasteiger charge is 1.89. The third-order valence-electron chi connectivity index (χ3n) is 1.06. The summed E-state index contributed by atoms with van der Waals surface area (Å²) in [5.41, 5.74) is 0.826. The van der Waals surface area contributed by atoms with Gasteiger partial charge in [-0.05, 0) is 6.07 Å². The Hall–Kier alpha value is -1.25. The Bertz CT molecular complexity index is 200. The minimum Gasteiger partial charge on any atom is -0.619 e. The summed E-state index contributed by atoms with van der Waals surface area (Å²) in [6.45, 7) is 0. The molecule has 1 rings (SSSR count). The van der Waals surface area contributed by atoms with Gasteiger partial charge in [0.25, 0.3) is 0 Å². The molecule has 0 aliphatic carbocycles. The lowest BCUT2D eigenvalue weighted by Crippen LogP contribution is -2.24. The van der Waals surface area contributed by atoms with Gasteiger partial charge in [-0.15, -0.1) is 0 Å². The summed E-state index contributed by atoms with van der Waals surface area (Å²) in [5.74, 6) is 0. The Morgan fingerprint density at radius 2 is 2.44 bits per heavy atom. The molecule has 0 atom stereocenters. The van der Waals surface area contributed by atoms with E-state index in [0.29, 0.717) is 0 Å². The number of anilines is 1. The molecular formula is C6H8N2O. The predicted molar refractivity (Wildman–Crippen MR) is 34.9 cm³/mol. The molecule has 1 heterocycles. The molecule has 1 aromatic heterocycles. The number of aromatic nitrogens is 1. The first-order valence-corrected chi connectivity index (χ1v) is 2.69. The first-order chi connectivity index (χ1) is 4.33. The maximum Gasteiger partial charge on any atom is 0.203 e. The van der Waals surface area contributed by atoms with Crippen LogP contribution in [0.3, 0.4) is 0 Å². The summed E-state index contributed by atoms with van der Waals surface area (Å²) in [5, 5.41) is 13.4. The minimum absolute atomic E-state index is 0.756. The summed E-state index contributed by atoms with van der Waals surface area (Å²) in [7, 11) is 1.77. The predicted octanol–water partition coefficient (Wildman–Crippen LogP) is 0.362. The fourth-order valence-electron chi connectivity index (χ4n) is 0.603. The van der Waals surface area contributed by atoms with Gasteiger partial charge in [0.05, 0.1) is 0 Å². The van der Waals surface area contributed by atoms with Gasteiger partial charge in [-0.2, -0.15) is 4.73 Å². The SMILES string of the molecule is CNc1ccc[n+]([O-])c1. The van der Waals surface area contributed by atoms with Crippen LogP contribution in [0.2, 0.25) is 0 Å². The number of hydrogen-bond donors (Lipinski definition) is 1. The number of hydrogen-bond acceptors (Lipinski definition) is 2. The van der Waals surface area contributed by atoms with Crippen LogP contribution in [-0.2, 0) is 0 Å². The van der Waals surface area contributed by atoms with E-state index in [1.165, 1.54) is 12.4 Å². The molecule has 0 saturated carbocycles. The molecule has 0 aliphatic heterocycles. The normalized spacial score (nSPS) is 9.00. The van der Waals surface area contributed by atoms with Gasteiger partial charge in [-0.25, -0.2) is 0 Å². The quantitative estimate of drug-likeness (QED) is 0.433. The largest absolute Gasteiger partial charge is 0.619 e. The summed E-state index contributed by atoms with van der Waals surface area (Å²) >= 11 is 0. The van der Waals surface area contributed by atoms with Crippen LogP contribution in [0, 0.1) is 5.21 Å². The molecule has 1 aromatic rings. The van der Waals surface area contributed by atoms with Crippen molar-refractivity contribution in [2.24, 2.45) is 0 Å². The van der Waals surface area contributed by atoms with Crippen molar-refractivity contribution in [3.05, 3.63) is 29.7 Å². The maximum absolute atomic E-state index is 10.5. The second-order valence-electron chi connectivity index (χ2n) is 1.70. The fourth-order valence-corrected chi connectivity index (χ4v) is 0.603. The van der Waals surface area contributed by atoms with Crippen molar-refractivity contribution >= 4 is 5.69 Å². The van der Waals surface area contributed by atoms with E-state index < -0.39 is 0 Å². The number of pyridine rings is 1. The molecule has 0 fully saturated rings. The van der Waals surface area contributed by atoms with Crippen LogP contribution in [0.5, 0.6) is 0 Å². The fraction of sp³-hybridized carbons (Fsp3) is 0.167. The highest BCUT2D eigenvalue weighted by molar-refractivity contribution is 5.36. The smallest absolute Gasteiger partial charge is 0.203 e. The zero-order chi connectivity index (χ0) is 6.69. The molecule has 3 nitrogen and oxygen atoms in total. The molecule has 0 radical (unpaired) electrons. The van der Waals surface area contributed by atoms with Gasteiger partial charge in [0.2, 0.25) is 6.20 Å². The van der Waals surface area contributed by atoms with Crippen LogP contribution in [0.4, 0.5) is 5.69 Å². The molecule has 3 heteroatoms. The van der Waals surface area contributed by atoms with Crippen molar-refractivity contribution in [3.63, 3.8) is 0 Å². The van der Waals surface area contributed by atoms with E-state index in [9.17, 15) is 5.21 Å². The monoisotopic (exact) mass is 124 g/mol. The van der Waals surface area contributed by atoms with Crippen molar-refractivity contribution in [3.8, 4) is 0 Å². The van der Waals surface area contributed by atoms with Crippen LogP contribution in [0.1, 0.15) is 0 Å². The Labute approximate surface area is 53.5 Å². The van der Waals surface area contributed by atoms with Gasteiger partial charge in [0.15, 0.2) is 6.20 Å². The van der Waals surface area contributed by atoms with Crippen molar-refractivity contribution in [2.75, 3.05) is 12.4 Å². The van der Waals surface area contributed by atoms with Gasteiger partial charge in [0, 0.05) is 13.1 Å². The summed E-state index contributed by atoms with van der Waals surface area (Å²) in [4.78, 5) is 0. The molecule has 1 N–H and O–H groups in total. The minimum atomic E-state index is 0.756. The average molecular weight is 124 g/mol. The lowest BCUT2D eigenvalue weighted by Gasteiger charge is -1.97. The Morgan fingerprint density at radius 3 is 2.89 bits per heavy atom. The number of nitrogens with one attached hydrogen (secondary N) is 1. The van der Waals surface area contributed by atoms with E-state index in [0.717, 1.165) is 10.4 Å². The molecule has 0 spiro atoms. The number of nitrogens with zero attached hydrogens (tertiary/aromatic N) is 1. The van der Waals surface area contributed by atoms with Crippen LogP contribution in [-0.4, -0.2) is 7.05 Å². The first kappa shape index (κ1) is 5.88. The topological polar surface area (TPSA) is 39.0 Å². The standard InChI is InChI=1S/C6H8N2O/c1-7-6-3-2-4-8(9)5-6/h2-5,7H,1H3. The molecule has 48 valence electrons. The summed E-state index contributed by atoms with van der Waals surface area (Å²) < 4.78 is 0.756. The van der Waals surface area contributed by atoms with Gasteiger partial charge >= 0.3 is 0 Å². The third kappa shape index (κ3) is 1.32. The Balaban J connectivity index is 2.94. The molecule has 0 amide bonds. The molecule has 0 aliphatic rings. The van der Waals surface area contributed by atoms with Gasteiger partial charge in [-0.3, -0.25) is 0 Å². The van der Waals surface area contributed by atoms with Crippen LogP contribution in [0.15, 0.2) is 24.5 Å². The molecule has 0 saturated heterocycles. The van der Waals surface area contributed by atoms with Crippen molar-refractivity contribution in [2.45, 2.75) is 0 Å². The number of rotatable bonds is 1. The first-order valence-electron chi connectivity index (χ1n) is 2.69. The van der Waals surface area contributed by atoms with Crippen molar-refractivity contribution in [1.29, 1.82) is 0 Å². The van der Waals surface area contributed by atoms with Crippen LogP contribution in [0.25, 0.3) is 0 Å². The third-order valence-corrected chi connectivity index (χ3v) is 1.06. The van der Waals surface area contributed by atoms with Gasteiger partial charge in [-0.1, -0.05) is 0 Å².